The number of para-hydroxylation sites is 2. The van der Waals surface area contributed by atoms with Crippen LogP contribution in [0.3, 0.4) is 0 Å². The standard InChI is InChI=1S/C29H27N3O2/c1-34-24-13-7-11-22(19-24)29(33)30-18-8-17-28-31-26-15-4-5-16-27(26)32(28)20-23-12-6-10-21-9-2-3-14-25(21)23/h2-7,9-16,19H,8,17-18,20H2,1H3,(H,30,33). The van der Waals surface area contributed by atoms with Crippen LogP contribution in [-0.2, 0) is 13.0 Å². The Kier molecular flexibility index (Phi) is 6.25. The molecule has 0 saturated heterocycles. The van der Waals surface area contributed by atoms with Crippen LogP contribution in [0.5, 0.6) is 5.75 Å². The molecule has 5 aromatic rings. The Bertz CT molecular complexity index is 1450. The van der Waals surface area contributed by atoms with Gasteiger partial charge in [-0.25, -0.2) is 4.98 Å². The molecule has 1 N–H and O–H groups in total. The van der Waals surface area contributed by atoms with Crippen molar-refractivity contribution in [1.82, 2.24) is 14.9 Å². The Labute approximate surface area is 199 Å². The Morgan fingerprint density at radius 1 is 0.941 bits per heavy atom. The maximum atomic E-state index is 12.5. The first kappa shape index (κ1) is 21.7. The van der Waals surface area contributed by atoms with Gasteiger partial charge >= 0.3 is 0 Å². The van der Waals surface area contributed by atoms with E-state index in [1.807, 2.05) is 18.2 Å². The van der Waals surface area contributed by atoms with Crippen molar-refractivity contribution in [3.63, 3.8) is 0 Å². The fourth-order valence-corrected chi connectivity index (χ4v) is 4.41. The zero-order chi connectivity index (χ0) is 23.3. The number of nitrogens with zero attached hydrogens (tertiary/aromatic N) is 2. The average molecular weight is 450 g/mol. The van der Waals surface area contributed by atoms with Gasteiger partial charge < -0.3 is 14.6 Å². The lowest BCUT2D eigenvalue weighted by atomic mass is 10.0. The van der Waals surface area contributed by atoms with Crippen molar-refractivity contribution in [2.24, 2.45) is 0 Å². The molecule has 5 nitrogen and oxygen atoms in total. The topological polar surface area (TPSA) is 56.1 Å². The first-order chi connectivity index (χ1) is 16.7. The van der Waals surface area contributed by atoms with Crippen molar-refractivity contribution in [3.8, 4) is 5.75 Å². The third-order valence-corrected chi connectivity index (χ3v) is 6.14. The average Bonchev–Trinajstić information content (AvgIpc) is 3.24. The number of aryl methyl sites for hydroxylation is 1. The van der Waals surface area contributed by atoms with E-state index in [4.69, 9.17) is 9.72 Å². The molecule has 0 bridgehead atoms. The van der Waals surface area contributed by atoms with Crippen LogP contribution < -0.4 is 10.1 Å². The monoisotopic (exact) mass is 449 g/mol. The summed E-state index contributed by atoms with van der Waals surface area (Å²) >= 11 is 0. The number of imidazole rings is 1. The summed E-state index contributed by atoms with van der Waals surface area (Å²) < 4.78 is 7.52. The molecule has 0 fully saturated rings. The number of carbonyl (C=O) groups excluding carboxylic acids is 1. The zero-order valence-electron chi connectivity index (χ0n) is 19.2. The second-order valence-electron chi connectivity index (χ2n) is 8.33. The number of rotatable bonds is 8. The minimum atomic E-state index is -0.0943. The molecule has 0 aliphatic heterocycles. The number of methoxy groups -OCH3 is 1. The summed E-state index contributed by atoms with van der Waals surface area (Å²) in [5.41, 5.74) is 4.00. The van der Waals surface area contributed by atoms with Crippen molar-refractivity contribution >= 4 is 27.7 Å². The zero-order valence-corrected chi connectivity index (χ0v) is 19.2. The van der Waals surface area contributed by atoms with E-state index in [2.05, 4.69) is 70.5 Å². The van der Waals surface area contributed by atoms with Gasteiger partial charge in [0.05, 0.1) is 18.1 Å². The number of ether oxygens (including phenoxy) is 1. The molecular formula is C29H27N3O2. The molecule has 1 aromatic heterocycles. The van der Waals surface area contributed by atoms with Crippen molar-refractivity contribution in [1.29, 1.82) is 0 Å². The number of fused-ring (bicyclic) bond motifs is 2. The summed E-state index contributed by atoms with van der Waals surface area (Å²) in [6.07, 6.45) is 1.58. The summed E-state index contributed by atoms with van der Waals surface area (Å²) in [5, 5.41) is 5.52. The minimum Gasteiger partial charge on any atom is -0.497 e. The Hall–Kier alpha value is -4.12. The Morgan fingerprint density at radius 3 is 2.65 bits per heavy atom. The van der Waals surface area contributed by atoms with Crippen LogP contribution in [0, 0.1) is 0 Å². The van der Waals surface area contributed by atoms with Crippen LogP contribution in [-0.4, -0.2) is 29.1 Å². The number of aromatic nitrogens is 2. The van der Waals surface area contributed by atoms with Crippen molar-refractivity contribution in [3.05, 3.63) is 108 Å². The highest BCUT2D eigenvalue weighted by atomic mass is 16.5. The third-order valence-electron chi connectivity index (χ3n) is 6.14. The lowest BCUT2D eigenvalue weighted by Crippen LogP contribution is -2.25. The van der Waals surface area contributed by atoms with Gasteiger partial charge in [-0.15, -0.1) is 0 Å². The fraction of sp³-hybridized carbons (Fsp3) is 0.172. The van der Waals surface area contributed by atoms with E-state index in [0.29, 0.717) is 17.9 Å². The maximum absolute atomic E-state index is 12.5. The van der Waals surface area contributed by atoms with E-state index < -0.39 is 0 Å². The molecule has 0 unspecified atom stereocenters. The van der Waals surface area contributed by atoms with Crippen molar-refractivity contribution in [2.75, 3.05) is 13.7 Å². The number of nitrogens with one attached hydrogen (secondary N) is 1. The predicted molar refractivity (Wildman–Crippen MR) is 136 cm³/mol. The van der Waals surface area contributed by atoms with E-state index >= 15 is 0 Å². The van der Waals surface area contributed by atoms with E-state index in [9.17, 15) is 4.79 Å². The number of carbonyl (C=O) groups is 1. The van der Waals surface area contributed by atoms with Gasteiger partial charge in [-0.1, -0.05) is 60.7 Å². The van der Waals surface area contributed by atoms with E-state index in [1.54, 1.807) is 19.2 Å². The van der Waals surface area contributed by atoms with Crippen LogP contribution in [0.25, 0.3) is 21.8 Å². The molecule has 0 aliphatic rings. The molecule has 1 heterocycles. The summed E-state index contributed by atoms with van der Waals surface area (Å²) in [7, 11) is 1.60. The van der Waals surface area contributed by atoms with E-state index in [1.165, 1.54) is 16.3 Å². The van der Waals surface area contributed by atoms with Crippen LogP contribution in [0.2, 0.25) is 0 Å². The number of hydrogen-bond acceptors (Lipinski definition) is 3. The number of hydrogen-bond donors (Lipinski definition) is 1. The van der Waals surface area contributed by atoms with Crippen molar-refractivity contribution in [2.45, 2.75) is 19.4 Å². The van der Waals surface area contributed by atoms with Gasteiger partial charge in [0.1, 0.15) is 11.6 Å². The van der Waals surface area contributed by atoms with Gasteiger partial charge in [-0.05, 0) is 53.1 Å². The molecular weight excluding hydrogens is 422 g/mol. The van der Waals surface area contributed by atoms with E-state index in [-0.39, 0.29) is 5.91 Å². The Balaban J connectivity index is 1.33. The maximum Gasteiger partial charge on any atom is 0.251 e. The second-order valence-corrected chi connectivity index (χ2v) is 8.33. The minimum absolute atomic E-state index is 0.0943. The summed E-state index contributed by atoms with van der Waals surface area (Å²) in [6.45, 7) is 1.33. The molecule has 0 spiro atoms. The van der Waals surface area contributed by atoms with Crippen LogP contribution in [0.1, 0.15) is 28.2 Å². The summed E-state index contributed by atoms with van der Waals surface area (Å²) in [5.74, 6) is 1.61. The van der Waals surface area contributed by atoms with Gasteiger partial charge in [0.2, 0.25) is 0 Å². The normalized spacial score (nSPS) is 11.1. The molecule has 0 radical (unpaired) electrons. The van der Waals surface area contributed by atoms with Gasteiger partial charge in [-0.2, -0.15) is 0 Å². The summed E-state index contributed by atoms with van der Waals surface area (Å²) in [6, 6.07) is 30.4. The highest BCUT2D eigenvalue weighted by Gasteiger charge is 2.13. The van der Waals surface area contributed by atoms with Crippen molar-refractivity contribution < 1.29 is 9.53 Å². The lowest BCUT2D eigenvalue weighted by molar-refractivity contribution is 0.0953. The smallest absolute Gasteiger partial charge is 0.251 e. The molecule has 0 aliphatic carbocycles. The SMILES string of the molecule is COc1cccc(C(=O)NCCCc2nc3ccccc3n2Cc2cccc3ccccc23)c1. The molecule has 4 aromatic carbocycles. The lowest BCUT2D eigenvalue weighted by Gasteiger charge is -2.12. The molecule has 0 atom stereocenters. The molecule has 170 valence electrons. The molecule has 34 heavy (non-hydrogen) atoms. The fourth-order valence-electron chi connectivity index (χ4n) is 4.41. The van der Waals surface area contributed by atoms with Gasteiger partial charge in [-0.3, -0.25) is 4.79 Å². The number of benzene rings is 4. The number of amides is 1. The van der Waals surface area contributed by atoms with Gasteiger partial charge in [0, 0.05) is 25.1 Å². The van der Waals surface area contributed by atoms with Gasteiger partial charge in [0.25, 0.3) is 5.91 Å². The molecule has 5 heteroatoms. The van der Waals surface area contributed by atoms with Crippen LogP contribution in [0.15, 0.2) is 91.0 Å². The molecule has 5 rings (SSSR count). The molecule has 1 amide bonds. The first-order valence-electron chi connectivity index (χ1n) is 11.6. The second kappa shape index (κ2) is 9.79. The third kappa shape index (κ3) is 4.50. The first-order valence-corrected chi connectivity index (χ1v) is 11.6. The largest absolute Gasteiger partial charge is 0.497 e. The van der Waals surface area contributed by atoms with Crippen LogP contribution >= 0.6 is 0 Å². The highest BCUT2D eigenvalue weighted by molar-refractivity contribution is 5.94. The Morgan fingerprint density at radius 2 is 1.74 bits per heavy atom. The highest BCUT2D eigenvalue weighted by Crippen LogP contribution is 2.23. The van der Waals surface area contributed by atoms with Gasteiger partial charge in [0.15, 0.2) is 0 Å². The summed E-state index contributed by atoms with van der Waals surface area (Å²) in [4.78, 5) is 17.4. The quantitative estimate of drug-likeness (QED) is 0.313. The predicted octanol–water partition coefficient (Wildman–Crippen LogP) is 5.61. The van der Waals surface area contributed by atoms with E-state index in [0.717, 1.165) is 36.2 Å². The molecule has 0 saturated carbocycles. The van der Waals surface area contributed by atoms with Crippen LogP contribution in [0.4, 0.5) is 0 Å².